The Balaban J connectivity index is 1.19. The third kappa shape index (κ3) is 2.95. The van der Waals surface area contributed by atoms with E-state index in [2.05, 4.69) is 27.4 Å². The van der Waals surface area contributed by atoms with E-state index in [1.807, 2.05) is 21.5 Å². The highest BCUT2D eigenvalue weighted by Gasteiger charge is 2.32. The van der Waals surface area contributed by atoms with Gasteiger partial charge in [-0.05, 0) is 38.2 Å². The Morgan fingerprint density at radius 2 is 2.00 bits per heavy atom. The van der Waals surface area contributed by atoms with Gasteiger partial charge in [-0.15, -0.1) is 15.3 Å². The summed E-state index contributed by atoms with van der Waals surface area (Å²) in [5, 5.41) is 13.0. The van der Waals surface area contributed by atoms with Crippen LogP contribution >= 0.6 is 0 Å². The minimum Gasteiger partial charge on any atom is -0.476 e. The molecule has 0 radical (unpaired) electrons. The van der Waals surface area contributed by atoms with Crippen LogP contribution < -0.4 is 4.74 Å². The number of rotatable bonds is 5. The Kier molecular flexibility index (Phi) is 3.87. The van der Waals surface area contributed by atoms with Gasteiger partial charge >= 0.3 is 0 Å². The molecular formula is C19H23N5O2. The third-order valence-electron chi connectivity index (χ3n) is 5.63. The van der Waals surface area contributed by atoms with Gasteiger partial charge in [0.1, 0.15) is 0 Å². The van der Waals surface area contributed by atoms with Crippen LogP contribution in [0.5, 0.6) is 5.88 Å². The predicted octanol–water partition coefficient (Wildman–Crippen LogP) is 2.20. The number of nitrogens with zero attached hydrogens (tertiary/aromatic N) is 5. The van der Waals surface area contributed by atoms with E-state index in [4.69, 9.17) is 4.74 Å². The largest absolute Gasteiger partial charge is 0.476 e. The van der Waals surface area contributed by atoms with Crippen LogP contribution in [0.25, 0.3) is 5.65 Å². The number of allylic oxidation sites excluding steroid dienone is 2. The Morgan fingerprint density at radius 3 is 2.81 bits per heavy atom. The zero-order chi connectivity index (χ0) is 17.5. The molecule has 3 aliphatic rings. The van der Waals surface area contributed by atoms with Crippen LogP contribution in [0.3, 0.4) is 0 Å². The molecule has 5 rings (SSSR count). The first-order valence-corrected chi connectivity index (χ1v) is 9.57. The number of ether oxygens (including phenoxy) is 1. The van der Waals surface area contributed by atoms with Crippen LogP contribution in [-0.4, -0.2) is 50.3 Å². The highest BCUT2D eigenvalue weighted by Crippen LogP contribution is 2.38. The van der Waals surface area contributed by atoms with Crippen molar-refractivity contribution in [2.24, 2.45) is 11.8 Å². The summed E-state index contributed by atoms with van der Waals surface area (Å²) in [6.45, 7) is 2.22. The van der Waals surface area contributed by atoms with Gasteiger partial charge in [-0.25, -0.2) is 0 Å². The monoisotopic (exact) mass is 353 g/mol. The van der Waals surface area contributed by atoms with Crippen LogP contribution in [0.15, 0.2) is 24.3 Å². The fourth-order valence-electron chi connectivity index (χ4n) is 3.91. The Labute approximate surface area is 152 Å². The predicted molar refractivity (Wildman–Crippen MR) is 94.8 cm³/mol. The van der Waals surface area contributed by atoms with E-state index in [0.717, 1.165) is 56.7 Å². The minimum absolute atomic E-state index is 0.160. The minimum atomic E-state index is 0.160. The number of carbonyl (C=O) groups excluding carboxylic acids is 1. The lowest BCUT2D eigenvalue weighted by atomic mass is 10.1. The lowest BCUT2D eigenvalue weighted by Crippen LogP contribution is -2.34. The molecular weight excluding hydrogens is 330 g/mol. The number of carbonyl (C=O) groups is 1. The normalized spacial score (nSPS) is 23.2. The molecule has 3 heterocycles. The Hall–Kier alpha value is -2.44. The topological polar surface area (TPSA) is 72.6 Å². The van der Waals surface area contributed by atoms with Gasteiger partial charge in [0.15, 0.2) is 11.5 Å². The summed E-state index contributed by atoms with van der Waals surface area (Å²) >= 11 is 0. The highest BCUT2D eigenvalue weighted by molar-refractivity contribution is 5.80. The van der Waals surface area contributed by atoms with E-state index < -0.39 is 0 Å². The average molecular weight is 353 g/mol. The van der Waals surface area contributed by atoms with Crippen LogP contribution in [-0.2, 0) is 4.79 Å². The second-order valence-corrected chi connectivity index (χ2v) is 7.66. The van der Waals surface area contributed by atoms with Crippen LogP contribution in [0.1, 0.15) is 43.8 Å². The summed E-state index contributed by atoms with van der Waals surface area (Å²) in [5.74, 6) is 2.86. The van der Waals surface area contributed by atoms with E-state index in [0.29, 0.717) is 30.2 Å². The second kappa shape index (κ2) is 6.37. The van der Waals surface area contributed by atoms with Gasteiger partial charge in [0.05, 0.1) is 6.61 Å². The molecule has 0 aromatic carbocycles. The van der Waals surface area contributed by atoms with Gasteiger partial charge in [-0.2, -0.15) is 4.52 Å². The van der Waals surface area contributed by atoms with Crippen molar-refractivity contribution in [3.8, 4) is 5.88 Å². The lowest BCUT2D eigenvalue weighted by Gasteiger charge is -2.20. The van der Waals surface area contributed by atoms with Crippen molar-refractivity contribution in [2.45, 2.75) is 38.0 Å². The summed E-state index contributed by atoms with van der Waals surface area (Å²) in [4.78, 5) is 14.5. The first-order valence-electron chi connectivity index (χ1n) is 9.57. The number of likely N-dealkylation sites (tertiary alicyclic amines) is 1. The van der Waals surface area contributed by atoms with Crippen LogP contribution in [0.2, 0.25) is 0 Å². The van der Waals surface area contributed by atoms with Crippen molar-refractivity contribution < 1.29 is 9.53 Å². The molecule has 2 aromatic rings. The second-order valence-electron chi connectivity index (χ2n) is 7.66. The maximum absolute atomic E-state index is 12.5. The van der Waals surface area contributed by atoms with E-state index in [1.54, 1.807) is 0 Å². The van der Waals surface area contributed by atoms with E-state index >= 15 is 0 Å². The van der Waals surface area contributed by atoms with Gasteiger partial charge in [-0.1, -0.05) is 12.2 Å². The van der Waals surface area contributed by atoms with Crippen molar-refractivity contribution in [1.29, 1.82) is 0 Å². The Morgan fingerprint density at radius 1 is 1.15 bits per heavy atom. The molecule has 0 spiro atoms. The average Bonchev–Trinajstić information content (AvgIpc) is 3.10. The number of fused-ring (bicyclic) bond motifs is 1. The molecule has 0 N–H and O–H groups in total. The molecule has 1 unspecified atom stereocenters. The smallest absolute Gasteiger partial charge is 0.231 e. The lowest BCUT2D eigenvalue weighted by molar-refractivity contribution is -0.134. The van der Waals surface area contributed by atoms with Crippen molar-refractivity contribution in [3.63, 3.8) is 0 Å². The fourth-order valence-corrected chi connectivity index (χ4v) is 3.91. The molecule has 1 saturated heterocycles. The van der Waals surface area contributed by atoms with Gasteiger partial charge in [0.2, 0.25) is 11.8 Å². The van der Waals surface area contributed by atoms with Crippen molar-refractivity contribution >= 4 is 11.6 Å². The zero-order valence-corrected chi connectivity index (χ0v) is 14.8. The van der Waals surface area contributed by atoms with Crippen molar-refractivity contribution in [2.75, 3.05) is 19.7 Å². The summed E-state index contributed by atoms with van der Waals surface area (Å²) < 4.78 is 7.75. The van der Waals surface area contributed by atoms with Crippen LogP contribution in [0.4, 0.5) is 0 Å². The maximum Gasteiger partial charge on any atom is 0.231 e. The summed E-state index contributed by atoms with van der Waals surface area (Å²) in [7, 11) is 0. The zero-order valence-electron chi connectivity index (χ0n) is 14.8. The third-order valence-corrected chi connectivity index (χ3v) is 5.63. The van der Waals surface area contributed by atoms with Crippen LogP contribution in [0, 0.1) is 11.8 Å². The van der Waals surface area contributed by atoms with Gasteiger partial charge in [0.25, 0.3) is 0 Å². The number of aromatic nitrogens is 4. The van der Waals surface area contributed by atoms with Crippen molar-refractivity contribution in [1.82, 2.24) is 24.7 Å². The molecule has 7 heteroatoms. The van der Waals surface area contributed by atoms with Gasteiger partial charge in [0, 0.05) is 36.9 Å². The molecule has 0 bridgehead atoms. The molecule has 1 saturated carbocycles. The highest BCUT2D eigenvalue weighted by atomic mass is 16.5. The molecule has 26 heavy (non-hydrogen) atoms. The molecule has 136 valence electrons. The molecule has 2 aliphatic carbocycles. The molecule has 7 nitrogen and oxygen atoms in total. The van der Waals surface area contributed by atoms with E-state index in [-0.39, 0.29) is 5.92 Å². The first-order chi connectivity index (χ1) is 12.8. The molecule has 1 amide bonds. The summed E-state index contributed by atoms with van der Waals surface area (Å²) in [5.41, 5.74) is 0.766. The number of hydrogen-bond acceptors (Lipinski definition) is 5. The van der Waals surface area contributed by atoms with Gasteiger partial charge < -0.3 is 9.64 Å². The molecule has 1 atom stereocenters. The fraction of sp³-hybridized carbons (Fsp3) is 0.579. The standard InChI is InChI=1S/C19H23N5O2/c25-19(15-3-1-2-4-15)23-10-9-13(11-23)12-26-17-8-7-16-20-21-18(14-5-6-14)24(16)22-17/h1-2,7-8,13-15H,3-6,9-12H2. The number of hydrogen-bond donors (Lipinski definition) is 0. The molecule has 2 aromatic heterocycles. The maximum atomic E-state index is 12.5. The Bertz CT molecular complexity index is 849. The molecule has 2 fully saturated rings. The SMILES string of the molecule is O=C(C1CC=CC1)N1CCC(COc2ccc3nnc(C4CC4)n3n2)C1. The quantitative estimate of drug-likeness (QED) is 0.771. The van der Waals surface area contributed by atoms with E-state index in [9.17, 15) is 4.79 Å². The molecule has 1 aliphatic heterocycles. The first kappa shape index (κ1) is 15.8. The van der Waals surface area contributed by atoms with Crippen molar-refractivity contribution in [3.05, 3.63) is 30.1 Å². The number of amides is 1. The summed E-state index contributed by atoms with van der Waals surface area (Å²) in [6.07, 6.45) is 9.33. The van der Waals surface area contributed by atoms with E-state index in [1.165, 1.54) is 0 Å². The summed E-state index contributed by atoms with van der Waals surface area (Å²) in [6, 6.07) is 3.75. The van der Waals surface area contributed by atoms with Gasteiger partial charge in [-0.3, -0.25) is 4.79 Å².